The number of imide groups is 1. The number of carbonyl (C=O) groups is 4. The minimum atomic E-state index is -0.728. The number of nitrogens with zero attached hydrogens (tertiary/aromatic N) is 1. The van der Waals surface area contributed by atoms with E-state index in [0.29, 0.717) is 16.4 Å². The molecule has 3 amide bonds. The highest BCUT2D eigenvalue weighted by molar-refractivity contribution is 9.10. The molecule has 1 saturated heterocycles. The third kappa shape index (κ3) is 3.95. The SMILES string of the molecule is O=C(COC(=O)c1cccc(N2C(=O)[C@@H]3[C@H]4CC[C@@H](C4)[C@H]3C2=O)c1)Nc1ccc(Br)cc1Cl. The topological polar surface area (TPSA) is 92.8 Å². The zero-order valence-corrected chi connectivity index (χ0v) is 19.8. The molecule has 2 aliphatic carbocycles. The quantitative estimate of drug-likeness (QED) is 0.455. The molecule has 1 N–H and O–H groups in total. The van der Waals surface area contributed by atoms with E-state index in [1.807, 2.05) is 0 Å². The number of carbonyl (C=O) groups excluding carboxylic acids is 4. The Bertz CT molecular complexity index is 1160. The van der Waals surface area contributed by atoms with Crippen LogP contribution in [-0.2, 0) is 19.1 Å². The number of ether oxygens (including phenoxy) is 1. The van der Waals surface area contributed by atoms with E-state index in [4.69, 9.17) is 16.3 Å². The largest absolute Gasteiger partial charge is 0.452 e. The lowest BCUT2D eigenvalue weighted by atomic mass is 9.81. The second-order valence-corrected chi connectivity index (χ2v) is 10.0. The van der Waals surface area contributed by atoms with Crippen molar-refractivity contribution in [3.63, 3.8) is 0 Å². The van der Waals surface area contributed by atoms with Gasteiger partial charge in [0.1, 0.15) is 0 Å². The Balaban J connectivity index is 1.25. The molecule has 5 rings (SSSR count). The molecule has 33 heavy (non-hydrogen) atoms. The number of amides is 3. The summed E-state index contributed by atoms with van der Waals surface area (Å²) in [4.78, 5) is 52.0. The van der Waals surface area contributed by atoms with Crippen LogP contribution in [0.1, 0.15) is 29.6 Å². The molecule has 2 bridgehead atoms. The molecule has 170 valence electrons. The van der Waals surface area contributed by atoms with E-state index in [2.05, 4.69) is 21.2 Å². The van der Waals surface area contributed by atoms with Crippen LogP contribution >= 0.6 is 27.5 Å². The molecule has 2 saturated carbocycles. The van der Waals surface area contributed by atoms with Crippen molar-refractivity contribution in [3.05, 3.63) is 57.5 Å². The highest BCUT2D eigenvalue weighted by Gasteiger charge is 2.61. The minimum absolute atomic E-state index is 0.155. The molecule has 9 heteroatoms. The smallest absolute Gasteiger partial charge is 0.338 e. The molecule has 3 aliphatic rings. The highest BCUT2D eigenvalue weighted by atomic mass is 79.9. The average Bonchev–Trinajstić information content (AvgIpc) is 3.48. The van der Waals surface area contributed by atoms with Crippen molar-refractivity contribution in [1.82, 2.24) is 0 Å². The predicted octanol–water partition coefficient (Wildman–Crippen LogP) is 4.43. The van der Waals surface area contributed by atoms with Crippen molar-refractivity contribution in [1.29, 1.82) is 0 Å². The molecule has 1 aliphatic heterocycles. The molecule has 1 heterocycles. The zero-order valence-electron chi connectivity index (χ0n) is 17.4. The Hall–Kier alpha value is -2.71. The first-order valence-corrected chi connectivity index (χ1v) is 11.9. The van der Waals surface area contributed by atoms with Gasteiger partial charge < -0.3 is 10.1 Å². The Labute approximate surface area is 203 Å². The maximum Gasteiger partial charge on any atom is 0.338 e. The van der Waals surface area contributed by atoms with E-state index in [-0.39, 0.29) is 41.0 Å². The Morgan fingerprint density at radius 1 is 1.06 bits per heavy atom. The number of halogens is 2. The summed E-state index contributed by atoms with van der Waals surface area (Å²) < 4.78 is 5.89. The molecule has 0 unspecified atom stereocenters. The Kier molecular flexibility index (Phi) is 5.74. The fourth-order valence-electron chi connectivity index (χ4n) is 5.43. The van der Waals surface area contributed by atoms with E-state index in [9.17, 15) is 19.2 Å². The maximum absolute atomic E-state index is 13.0. The number of fused-ring (bicyclic) bond motifs is 5. The van der Waals surface area contributed by atoms with Crippen molar-refractivity contribution in [2.75, 3.05) is 16.8 Å². The molecule has 0 aromatic heterocycles. The number of hydrogen-bond donors (Lipinski definition) is 1. The molecule has 4 atom stereocenters. The van der Waals surface area contributed by atoms with Crippen LogP contribution in [0.25, 0.3) is 0 Å². The van der Waals surface area contributed by atoms with E-state index in [0.717, 1.165) is 23.7 Å². The molecular formula is C24H20BrClN2O5. The van der Waals surface area contributed by atoms with Crippen molar-refractivity contribution >= 4 is 62.6 Å². The number of benzene rings is 2. The second-order valence-electron chi connectivity index (χ2n) is 8.70. The second kappa shape index (κ2) is 8.57. The highest BCUT2D eigenvalue weighted by Crippen LogP contribution is 2.56. The van der Waals surface area contributed by atoms with Gasteiger partial charge in [0.25, 0.3) is 5.91 Å². The summed E-state index contributed by atoms with van der Waals surface area (Å²) in [5.74, 6) is -1.52. The van der Waals surface area contributed by atoms with Gasteiger partial charge in [-0.15, -0.1) is 0 Å². The van der Waals surface area contributed by atoms with Crippen LogP contribution in [0, 0.1) is 23.7 Å². The van der Waals surface area contributed by atoms with Crippen molar-refractivity contribution < 1.29 is 23.9 Å². The first-order chi connectivity index (χ1) is 15.8. The summed E-state index contributed by atoms with van der Waals surface area (Å²) in [5.41, 5.74) is 0.912. The number of hydrogen-bond acceptors (Lipinski definition) is 5. The molecule has 0 spiro atoms. The summed E-state index contributed by atoms with van der Waals surface area (Å²) >= 11 is 9.37. The van der Waals surface area contributed by atoms with Crippen LogP contribution in [0.4, 0.5) is 11.4 Å². The molecule has 0 radical (unpaired) electrons. The summed E-state index contributed by atoms with van der Waals surface area (Å²) in [5, 5.41) is 2.92. The summed E-state index contributed by atoms with van der Waals surface area (Å²) in [6, 6.07) is 11.2. The van der Waals surface area contributed by atoms with E-state index < -0.39 is 18.5 Å². The normalized spacial score (nSPS) is 25.3. The molecule has 7 nitrogen and oxygen atoms in total. The Morgan fingerprint density at radius 2 is 1.76 bits per heavy atom. The zero-order chi connectivity index (χ0) is 23.3. The van der Waals surface area contributed by atoms with Gasteiger partial charge in [-0.1, -0.05) is 33.6 Å². The van der Waals surface area contributed by atoms with Gasteiger partial charge in [0.15, 0.2) is 6.61 Å². The molecule has 2 aromatic rings. The third-order valence-corrected chi connectivity index (χ3v) is 7.61. The lowest BCUT2D eigenvalue weighted by Gasteiger charge is -2.19. The van der Waals surface area contributed by atoms with Crippen molar-refractivity contribution in [3.8, 4) is 0 Å². The first kappa shape index (κ1) is 22.1. The van der Waals surface area contributed by atoms with Crippen molar-refractivity contribution in [2.45, 2.75) is 19.3 Å². The first-order valence-electron chi connectivity index (χ1n) is 10.7. The van der Waals surface area contributed by atoms with Crippen LogP contribution in [-0.4, -0.2) is 30.3 Å². The third-order valence-electron chi connectivity index (χ3n) is 6.81. The number of rotatable bonds is 5. The van der Waals surface area contributed by atoms with Gasteiger partial charge in [0.05, 0.1) is 33.8 Å². The fraction of sp³-hybridized carbons (Fsp3) is 0.333. The monoisotopic (exact) mass is 530 g/mol. The number of anilines is 2. The Morgan fingerprint density at radius 3 is 2.42 bits per heavy atom. The minimum Gasteiger partial charge on any atom is -0.452 e. The molecule has 3 fully saturated rings. The van der Waals surface area contributed by atoms with Gasteiger partial charge in [-0.2, -0.15) is 0 Å². The van der Waals surface area contributed by atoms with E-state index >= 15 is 0 Å². The number of nitrogens with one attached hydrogen (secondary N) is 1. The molecule has 2 aromatic carbocycles. The van der Waals surface area contributed by atoms with Gasteiger partial charge in [-0.05, 0) is 67.5 Å². The summed E-state index contributed by atoms with van der Waals surface area (Å²) in [6.45, 7) is -0.509. The maximum atomic E-state index is 13.0. The van der Waals surface area contributed by atoms with Gasteiger partial charge in [0, 0.05) is 4.47 Å². The van der Waals surface area contributed by atoms with Gasteiger partial charge >= 0.3 is 5.97 Å². The average molecular weight is 532 g/mol. The van der Waals surface area contributed by atoms with Crippen LogP contribution in [0.2, 0.25) is 5.02 Å². The number of esters is 1. The van der Waals surface area contributed by atoms with Gasteiger partial charge in [-0.3, -0.25) is 19.3 Å². The van der Waals surface area contributed by atoms with Crippen LogP contribution in [0.5, 0.6) is 0 Å². The molecular weight excluding hydrogens is 512 g/mol. The van der Waals surface area contributed by atoms with Crippen LogP contribution in [0.3, 0.4) is 0 Å². The fourth-order valence-corrected chi connectivity index (χ4v) is 6.15. The van der Waals surface area contributed by atoms with Gasteiger partial charge in [0.2, 0.25) is 11.8 Å². The van der Waals surface area contributed by atoms with E-state index in [1.165, 1.54) is 17.0 Å². The standard InChI is InChI=1S/C24H20BrClN2O5/c25-15-6-7-18(17(26)10-15)27-19(29)11-33-24(32)14-2-1-3-16(9-14)28-22(30)20-12-4-5-13(8-12)21(20)23(28)31/h1-3,6-7,9-10,12-13,20-21H,4-5,8,11H2,(H,27,29)/t12-,13-,20+,21+/m0/s1. The van der Waals surface area contributed by atoms with Crippen molar-refractivity contribution in [2.24, 2.45) is 23.7 Å². The van der Waals surface area contributed by atoms with Crippen LogP contribution in [0.15, 0.2) is 46.9 Å². The predicted molar refractivity (Wildman–Crippen MR) is 125 cm³/mol. The van der Waals surface area contributed by atoms with Gasteiger partial charge in [-0.25, -0.2) is 4.79 Å². The van der Waals surface area contributed by atoms with E-state index in [1.54, 1.807) is 30.3 Å². The summed E-state index contributed by atoms with van der Waals surface area (Å²) in [6.07, 6.45) is 2.96. The lowest BCUT2D eigenvalue weighted by Crippen LogP contribution is -2.32. The van der Waals surface area contributed by atoms with Crippen LogP contribution < -0.4 is 10.2 Å². The summed E-state index contributed by atoms with van der Waals surface area (Å²) in [7, 11) is 0. The lowest BCUT2D eigenvalue weighted by molar-refractivity contribution is -0.123.